The second-order valence-corrected chi connectivity index (χ2v) is 10.9. The average molecular weight is 548 g/mol. The highest BCUT2D eigenvalue weighted by atomic mass is 16.5. The summed E-state index contributed by atoms with van der Waals surface area (Å²) in [6, 6.07) is 5.45. The number of aryl methyl sites for hydroxylation is 2. The number of aliphatic imine (C=N–C) groups is 1. The maximum absolute atomic E-state index is 12.7. The zero-order valence-electron chi connectivity index (χ0n) is 22.8. The molecule has 2 bridgehead atoms. The molecule has 0 unspecified atom stereocenters. The van der Waals surface area contributed by atoms with Gasteiger partial charge in [-0.2, -0.15) is 0 Å². The van der Waals surface area contributed by atoms with Crippen LogP contribution >= 0.6 is 0 Å². The fourth-order valence-corrected chi connectivity index (χ4v) is 5.94. The molecular weight excluding hydrogens is 510 g/mol. The van der Waals surface area contributed by atoms with Gasteiger partial charge in [0.25, 0.3) is 0 Å². The number of rotatable bonds is 3. The van der Waals surface area contributed by atoms with Crippen molar-refractivity contribution >= 4 is 11.7 Å². The number of ether oxygens (including phenoxy) is 2. The molecule has 0 spiro atoms. The largest absolute Gasteiger partial charge is 0.504 e. The number of hydrogen-bond donors (Lipinski definition) is 5. The molecule has 1 aliphatic carbocycles. The highest BCUT2D eigenvalue weighted by Gasteiger charge is 2.29. The molecule has 2 aromatic rings. The molecule has 0 saturated heterocycles. The minimum absolute atomic E-state index is 0.0320. The van der Waals surface area contributed by atoms with Crippen molar-refractivity contribution in [1.29, 1.82) is 0 Å². The number of aliphatic hydroxyl groups excluding tert-OH is 1. The van der Waals surface area contributed by atoms with Crippen LogP contribution in [0.15, 0.2) is 23.2 Å². The first-order chi connectivity index (χ1) is 19.3. The summed E-state index contributed by atoms with van der Waals surface area (Å²) in [7, 11) is 1.47. The number of fused-ring (bicyclic) bond motifs is 5. The number of ketones is 1. The highest BCUT2D eigenvalue weighted by Crippen LogP contribution is 2.42. The number of carbonyl (C=O) groups excluding carboxylic acids is 1. The van der Waals surface area contributed by atoms with Gasteiger partial charge in [-0.05, 0) is 61.6 Å². The standard InChI is InChI=1S/C31H37N3O6/c1-39-29-25-4-2-3-21-15-20(6-9-24(36)16-23(35)8-5-19(25)7-10-27(29)37)26-14-18(17-40-30(26)28(21)38)13-22-11-12-33-31(32)34-22/h7,10,15,18,22,24,36-38H,3,5-6,8-9,11-14,16-17H2,1H3,(H3,32,33,34)/t18-,22-,24-/m1/s1. The zero-order chi connectivity index (χ0) is 28.2. The van der Waals surface area contributed by atoms with Crippen LogP contribution in [0.5, 0.6) is 23.0 Å². The van der Waals surface area contributed by atoms with Crippen LogP contribution in [0.3, 0.4) is 0 Å². The highest BCUT2D eigenvalue weighted by molar-refractivity contribution is 5.79. The lowest BCUT2D eigenvalue weighted by Gasteiger charge is -2.32. The lowest BCUT2D eigenvalue weighted by molar-refractivity contribution is -0.121. The number of Topliss-reactive ketones (excluding diaryl/α,β-unsaturated/α-hetero) is 1. The van der Waals surface area contributed by atoms with Crippen LogP contribution in [0.1, 0.15) is 59.9 Å². The molecular formula is C31H37N3O6. The van der Waals surface area contributed by atoms with Gasteiger partial charge in [0, 0.05) is 43.0 Å². The first-order valence-electron chi connectivity index (χ1n) is 14.0. The zero-order valence-corrected chi connectivity index (χ0v) is 22.8. The fourth-order valence-electron chi connectivity index (χ4n) is 5.94. The molecule has 2 heterocycles. The molecule has 9 nitrogen and oxygen atoms in total. The molecule has 6 N–H and O–H groups in total. The Balaban J connectivity index is 1.48. The Morgan fingerprint density at radius 3 is 2.80 bits per heavy atom. The molecule has 212 valence electrons. The van der Waals surface area contributed by atoms with E-state index >= 15 is 0 Å². The number of aromatic hydroxyl groups is 2. The summed E-state index contributed by atoms with van der Waals surface area (Å²) < 4.78 is 11.6. The van der Waals surface area contributed by atoms with Crippen LogP contribution in [0, 0.1) is 17.8 Å². The maximum atomic E-state index is 12.7. The summed E-state index contributed by atoms with van der Waals surface area (Å²) in [5, 5.41) is 35.5. The number of nitrogens with one attached hydrogen (secondary N) is 1. The third kappa shape index (κ3) is 6.13. The van der Waals surface area contributed by atoms with Crippen molar-refractivity contribution in [2.45, 2.75) is 69.9 Å². The number of phenolic OH excluding ortho intramolecular Hbond substituents is 2. The van der Waals surface area contributed by atoms with E-state index in [1.54, 1.807) is 6.07 Å². The molecule has 2 aliphatic heterocycles. The van der Waals surface area contributed by atoms with E-state index in [4.69, 9.17) is 15.2 Å². The van der Waals surface area contributed by atoms with E-state index in [-0.39, 0.29) is 54.3 Å². The van der Waals surface area contributed by atoms with Gasteiger partial charge < -0.3 is 35.8 Å². The van der Waals surface area contributed by atoms with Crippen LogP contribution < -0.4 is 20.5 Å². The van der Waals surface area contributed by atoms with Crippen LogP contribution in [0.2, 0.25) is 0 Å². The molecule has 2 aromatic carbocycles. The van der Waals surface area contributed by atoms with Gasteiger partial charge in [0.15, 0.2) is 29.0 Å². The Bertz CT molecular complexity index is 1380. The number of nitrogens with zero attached hydrogens (tertiary/aromatic N) is 1. The fraction of sp³-hybridized carbons (Fsp3) is 0.484. The Morgan fingerprint density at radius 2 is 2.00 bits per heavy atom. The number of methoxy groups -OCH3 is 1. The maximum Gasteiger partial charge on any atom is 0.188 e. The quantitative estimate of drug-likeness (QED) is 0.369. The minimum atomic E-state index is -0.774. The van der Waals surface area contributed by atoms with Crippen LogP contribution in [0.4, 0.5) is 0 Å². The predicted molar refractivity (Wildman–Crippen MR) is 151 cm³/mol. The van der Waals surface area contributed by atoms with E-state index in [1.165, 1.54) is 13.2 Å². The van der Waals surface area contributed by atoms with Crippen LogP contribution in [0.25, 0.3) is 0 Å². The Labute approximate surface area is 234 Å². The van der Waals surface area contributed by atoms with Gasteiger partial charge in [0.2, 0.25) is 0 Å². The molecule has 0 fully saturated rings. The minimum Gasteiger partial charge on any atom is -0.504 e. The molecule has 5 rings (SSSR count). The average Bonchev–Trinajstić information content (AvgIpc) is 2.93. The second-order valence-electron chi connectivity index (χ2n) is 10.9. The summed E-state index contributed by atoms with van der Waals surface area (Å²) in [6.07, 6.45) is 3.71. The SMILES string of the molecule is COc1c(O)ccc2c1C#CCc1cc(c3c(c1O)OC[C@H](C[C@H]1CCN=C(N)N1)C3)CC[C@@H](O)CC(=O)CC2. The van der Waals surface area contributed by atoms with Crippen molar-refractivity contribution in [2.75, 3.05) is 20.3 Å². The lowest BCUT2D eigenvalue weighted by Crippen LogP contribution is -2.45. The summed E-state index contributed by atoms with van der Waals surface area (Å²) in [5.74, 6) is 7.71. The molecule has 3 aliphatic rings. The molecule has 0 saturated carbocycles. The number of hydrogen-bond acceptors (Lipinski definition) is 9. The molecule has 40 heavy (non-hydrogen) atoms. The third-order valence-electron chi connectivity index (χ3n) is 8.02. The van der Waals surface area contributed by atoms with Crippen LogP contribution in [-0.4, -0.2) is 59.5 Å². The number of benzene rings is 2. The molecule has 3 atom stereocenters. The van der Waals surface area contributed by atoms with Crippen LogP contribution in [-0.2, 0) is 30.5 Å². The summed E-state index contributed by atoms with van der Waals surface area (Å²) >= 11 is 0. The van der Waals surface area contributed by atoms with E-state index < -0.39 is 6.10 Å². The third-order valence-corrected chi connectivity index (χ3v) is 8.02. The normalized spacial score (nSPS) is 23.0. The molecule has 0 amide bonds. The molecule has 0 radical (unpaired) electrons. The van der Waals surface area contributed by atoms with E-state index in [9.17, 15) is 20.1 Å². The monoisotopic (exact) mass is 547 g/mol. The van der Waals surface area contributed by atoms with E-state index in [2.05, 4.69) is 22.2 Å². The number of phenols is 2. The van der Waals surface area contributed by atoms with Crippen molar-refractivity contribution < 1.29 is 29.6 Å². The van der Waals surface area contributed by atoms with Crippen molar-refractivity contribution in [1.82, 2.24) is 5.32 Å². The Kier molecular flexibility index (Phi) is 8.36. The van der Waals surface area contributed by atoms with Gasteiger partial charge in [-0.25, -0.2) is 0 Å². The van der Waals surface area contributed by atoms with Gasteiger partial charge in [-0.15, -0.1) is 0 Å². The summed E-state index contributed by atoms with van der Waals surface area (Å²) in [6.45, 7) is 1.18. The topological polar surface area (TPSA) is 147 Å². The predicted octanol–water partition coefficient (Wildman–Crippen LogP) is 2.52. The second kappa shape index (κ2) is 12.1. The molecule has 9 heteroatoms. The van der Waals surface area contributed by atoms with E-state index in [0.717, 1.165) is 36.0 Å². The van der Waals surface area contributed by atoms with Gasteiger partial charge in [0.1, 0.15) is 5.78 Å². The number of aliphatic hydroxyl groups is 1. The lowest BCUT2D eigenvalue weighted by atomic mass is 9.85. The van der Waals surface area contributed by atoms with Gasteiger partial charge >= 0.3 is 0 Å². The first-order valence-corrected chi connectivity index (χ1v) is 14.0. The number of carbonyl (C=O) groups is 1. The van der Waals surface area contributed by atoms with Crippen molar-refractivity contribution in [2.24, 2.45) is 16.6 Å². The number of guanidine groups is 1. The number of nitrogens with two attached hydrogens (primary N) is 1. The summed E-state index contributed by atoms with van der Waals surface area (Å²) in [4.78, 5) is 16.9. The van der Waals surface area contributed by atoms with Gasteiger partial charge in [-0.1, -0.05) is 24.0 Å². The van der Waals surface area contributed by atoms with Crippen molar-refractivity contribution in [3.05, 3.63) is 46.0 Å². The van der Waals surface area contributed by atoms with Crippen molar-refractivity contribution in [3.8, 4) is 34.8 Å². The Hall–Kier alpha value is -3.90. The molecule has 0 aromatic heterocycles. The van der Waals surface area contributed by atoms with Gasteiger partial charge in [0.05, 0.1) is 25.4 Å². The van der Waals surface area contributed by atoms with E-state index in [0.29, 0.717) is 55.3 Å². The van der Waals surface area contributed by atoms with Crippen molar-refractivity contribution in [3.63, 3.8) is 0 Å². The summed E-state index contributed by atoms with van der Waals surface area (Å²) in [5.41, 5.74) is 9.76. The Morgan fingerprint density at radius 1 is 1.15 bits per heavy atom. The van der Waals surface area contributed by atoms with Gasteiger partial charge in [-0.3, -0.25) is 9.79 Å². The van der Waals surface area contributed by atoms with E-state index in [1.807, 2.05) is 6.07 Å². The smallest absolute Gasteiger partial charge is 0.188 e. The first kappa shape index (κ1) is 27.7.